The van der Waals surface area contributed by atoms with Crippen LogP contribution in [0.5, 0.6) is 0 Å². The molecule has 0 amide bonds. The summed E-state index contributed by atoms with van der Waals surface area (Å²) in [5, 5.41) is 0. The highest BCUT2D eigenvalue weighted by atomic mass is 32.2. The summed E-state index contributed by atoms with van der Waals surface area (Å²) >= 11 is 0. The van der Waals surface area contributed by atoms with E-state index in [1.165, 1.54) is 12.1 Å². The van der Waals surface area contributed by atoms with Crippen molar-refractivity contribution in [1.82, 2.24) is 9.62 Å². The van der Waals surface area contributed by atoms with E-state index in [-0.39, 0.29) is 29.5 Å². The van der Waals surface area contributed by atoms with Crippen molar-refractivity contribution in [2.45, 2.75) is 37.3 Å². The van der Waals surface area contributed by atoms with Crippen molar-refractivity contribution in [3.63, 3.8) is 0 Å². The largest absolute Gasteiger partial charge is 0.376 e. The molecule has 2 aliphatic heterocycles. The van der Waals surface area contributed by atoms with Gasteiger partial charge in [0.25, 0.3) is 0 Å². The van der Waals surface area contributed by atoms with Gasteiger partial charge in [-0.25, -0.2) is 17.5 Å². The fourth-order valence-corrected chi connectivity index (χ4v) is 4.65. The average molecular weight is 328 g/mol. The maximum Gasteiger partial charge on any atom is 0.216 e. The van der Waals surface area contributed by atoms with E-state index in [2.05, 4.69) is 9.62 Å². The van der Waals surface area contributed by atoms with Crippen molar-refractivity contribution in [2.24, 2.45) is 0 Å². The molecule has 1 aromatic carbocycles. The maximum absolute atomic E-state index is 13.6. The van der Waals surface area contributed by atoms with Crippen LogP contribution in [0.25, 0.3) is 0 Å². The third-order valence-corrected chi connectivity index (χ3v) is 5.63. The zero-order valence-electron chi connectivity index (χ0n) is 12.5. The first-order chi connectivity index (χ1) is 10.4. The number of halogens is 1. The Balaban J connectivity index is 1.62. The molecule has 2 heterocycles. The van der Waals surface area contributed by atoms with Crippen LogP contribution >= 0.6 is 0 Å². The standard InChI is InChI=1S/C15H21FN2O3S/c1-11-7-18-8-13(6-14(18)9-21-11)17-22(19,20)10-12-4-2-3-5-15(12)16/h2-5,11,13-14,17H,6-10H2,1H3/t11-,13-,14-/m0/s1. The van der Waals surface area contributed by atoms with E-state index < -0.39 is 15.8 Å². The van der Waals surface area contributed by atoms with Crippen LogP contribution in [-0.2, 0) is 20.5 Å². The molecule has 1 N–H and O–H groups in total. The third-order valence-electron chi connectivity index (χ3n) is 4.24. The predicted octanol–water partition coefficient (Wildman–Crippen LogP) is 1.11. The molecule has 0 aromatic heterocycles. The van der Waals surface area contributed by atoms with E-state index in [4.69, 9.17) is 4.74 Å². The maximum atomic E-state index is 13.6. The van der Waals surface area contributed by atoms with Gasteiger partial charge >= 0.3 is 0 Å². The molecule has 0 spiro atoms. The fourth-order valence-electron chi connectivity index (χ4n) is 3.24. The molecule has 2 saturated heterocycles. The molecule has 2 aliphatic rings. The van der Waals surface area contributed by atoms with Gasteiger partial charge in [-0.2, -0.15) is 0 Å². The van der Waals surface area contributed by atoms with Crippen LogP contribution < -0.4 is 4.72 Å². The van der Waals surface area contributed by atoms with Crippen molar-refractivity contribution in [3.8, 4) is 0 Å². The number of ether oxygens (including phenoxy) is 1. The van der Waals surface area contributed by atoms with Crippen LogP contribution in [0.1, 0.15) is 18.9 Å². The van der Waals surface area contributed by atoms with Gasteiger partial charge < -0.3 is 4.74 Å². The Bertz CT molecular complexity index is 637. The molecule has 5 nitrogen and oxygen atoms in total. The number of hydrogen-bond donors (Lipinski definition) is 1. The lowest BCUT2D eigenvalue weighted by Crippen LogP contribution is -2.45. The van der Waals surface area contributed by atoms with Crippen LogP contribution in [0.3, 0.4) is 0 Å². The van der Waals surface area contributed by atoms with Gasteiger partial charge in [0.05, 0.1) is 18.5 Å². The summed E-state index contributed by atoms with van der Waals surface area (Å²) < 4.78 is 46.4. The first kappa shape index (κ1) is 15.9. The van der Waals surface area contributed by atoms with E-state index in [1.54, 1.807) is 12.1 Å². The zero-order chi connectivity index (χ0) is 15.7. The summed E-state index contributed by atoms with van der Waals surface area (Å²) in [7, 11) is -3.55. The van der Waals surface area contributed by atoms with E-state index >= 15 is 0 Å². The molecule has 3 rings (SSSR count). The Morgan fingerprint density at radius 2 is 2.14 bits per heavy atom. The summed E-state index contributed by atoms with van der Waals surface area (Å²) in [5.41, 5.74) is 0.197. The van der Waals surface area contributed by atoms with E-state index in [0.717, 1.165) is 13.0 Å². The van der Waals surface area contributed by atoms with Crippen LogP contribution in [0.4, 0.5) is 4.39 Å². The number of benzene rings is 1. The zero-order valence-corrected chi connectivity index (χ0v) is 13.4. The fraction of sp³-hybridized carbons (Fsp3) is 0.600. The molecule has 0 aliphatic carbocycles. The van der Waals surface area contributed by atoms with E-state index in [0.29, 0.717) is 13.2 Å². The summed E-state index contributed by atoms with van der Waals surface area (Å²) in [6.07, 6.45) is 0.925. The molecular weight excluding hydrogens is 307 g/mol. The van der Waals surface area contributed by atoms with Crippen molar-refractivity contribution in [2.75, 3.05) is 19.7 Å². The lowest BCUT2D eigenvalue weighted by Gasteiger charge is -2.33. The van der Waals surface area contributed by atoms with Crippen molar-refractivity contribution >= 4 is 10.0 Å². The van der Waals surface area contributed by atoms with Crippen molar-refractivity contribution < 1.29 is 17.5 Å². The topological polar surface area (TPSA) is 58.6 Å². The van der Waals surface area contributed by atoms with Gasteiger partial charge in [0.1, 0.15) is 5.82 Å². The highest BCUT2D eigenvalue weighted by Crippen LogP contribution is 2.24. The summed E-state index contributed by atoms with van der Waals surface area (Å²) in [6.45, 7) is 4.18. The minimum Gasteiger partial charge on any atom is -0.376 e. The van der Waals surface area contributed by atoms with E-state index in [1.807, 2.05) is 6.92 Å². The smallest absolute Gasteiger partial charge is 0.216 e. The quantitative estimate of drug-likeness (QED) is 0.899. The summed E-state index contributed by atoms with van der Waals surface area (Å²) in [6, 6.07) is 6.12. The second-order valence-corrected chi connectivity index (χ2v) is 7.91. The molecule has 0 unspecified atom stereocenters. The number of fused-ring (bicyclic) bond motifs is 1. The SMILES string of the molecule is C[C@H]1CN2C[C@@H](NS(=O)(=O)Cc3ccccc3F)C[C@H]2CO1. The molecule has 0 saturated carbocycles. The first-order valence-electron chi connectivity index (χ1n) is 7.52. The molecule has 2 fully saturated rings. The van der Waals surface area contributed by atoms with Crippen molar-refractivity contribution in [3.05, 3.63) is 35.6 Å². The lowest BCUT2D eigenvalue weighted by molar-refractivity contribution is -0.0390. The molecule has 7 heteroatoms. The predicted molar refractivity (Wildman–Crippen MR) is 81.3 cm³/mol. The van der Waals surface area contributed by atoms with Gasteiger partial charge in [-0.1, -0.05) is 18.2 Å². The second-order valence-electron chi connectivity index (χ2n) is 6.15. The molecule has 0 bridgehead atoms. The van der Waals surface area contributed by atoms with Crippen LogP contribution in [0, 0.1) is 5.82 Å². The van der Waals surface area contributed by atoms with Gasteiger partial charge in [-0.3, -0.25) is 4.90 Å². The highest BCUT2D eigenvalue weighted by Gasteiger charge is 2.37. The third kappa shape index (κ3) is 3.65. The minimum atomic E-state index is -3.55. The first-order valence-corrected chi connectivity index (χ1v) is 9.17. The van der Waals surface area contributed by atoms with Crippen molar-refractivity contribution in [1.29, 1.82) is 0 Å². The Kier molecular flexibility index (Phi) is 4.49. The van der Waals surface area contributed by atoms with Gasteiger partial charge in [0.15, 0.2) is 0 Å². The Hall–Kier alpha value is -1.02. The average Bonchev–Trinajstić information content (AvgIpc) is 2.81. The lowest BCUT2D eigenvalue weighted by atomic mass is 10.2. The molecule has 1 aromatic rings. The number of rotatable bonds is 4. The Morgan fingerprint density at radius 3 is 2.91 bits per heavy atom. The highest BCUT2D eigenvalue weighted by molar-refractivity contribution is 7.88. The molecule has 3 atom stereocenters. The number of hydrogen-bond acceptors (Lipinski definition) is 4. The normalized spacial score (nSPS) is 29.5. The van der Waals surface area contributed by atoms with Crippen LogP contribution in [-0.4, -0.2) is 51.2 Å². The number of morpholine rings is 1. The number of nitrogens with zero attached hydrogens (tertiary/aromatic N) is 1. The Labute approximate surface area is 130 Å². The van der Waals surface area contributed by atoms with Gasteiger partial charge in [0, 0.05) is 30.7 Å². The van der Waals surface area contributed by atoms with Gasteiger partial charge in [0.2, 0.25) is 10.0 Å². The molecule has 22 heavy (non-hydrogen) atoms. The Morgan fingerprint density at radius 1 is 1.36 bits per heavy atom. The molecule has 122 valence electrons. The van der Waals surface area contributed by atoms with Gasteiger partial charge in [-0.15, -0.1) is 0 Å². The molecular formula is C15H21FN2O3S. The molecule has 0 radical (unpaired) electrons. The minimum absolute atomic E-state index is 0.129. The monoisotopic (exact) mass is 328 g/mol. The van der Waals surface area contributed by atoms with Crippen LogP contribution in [0.2, 0.25) is 0 Å². The van der Waals surface area contributed by atoms with Crippen LogP contribution in [0.15, 0.2) is 24.3 Å². The second kappa shape index (κ2) is 6.23. The van der Waals surface area contributed by atoms with Gasteiger partial charge in [-0.05, 0) is 19.4 Å². The summed E-state index contributed by atoms with van der Waals surface area (Å²) in [5.74, 6) is -0.813. The van der Waals surface area contributed by atoms with E-state index in [9.17, 15) is 12.8 Å². The summed E-state index contributed by atoms with van der Waals surface area (Å²) in [4.78, 5) is 2.27. The number of nitrogens with one attached hydrogen (secondary N) is 1. The number of sulfonamides is 1.